The fraction of sp³-hybridized carbons (Fsp3) is 0.733. The summed E-state index contributed by atoms with van der Waals surface area (Å²) in [6.07, 6.45) is 4.30. The Morgan fingerprint density at radius 3 is 2.81 bits per heavy atom. The molecule has 0 amide bonds. The van der Waals surface area contributed by atoms with Crippen LogP contribution in [0.1, 0.15) is 51.3 Å². The average molecular weight is 331 g/mol. The predicted molar refractivity (Wildman–Crippen MR) is 88.1 cm³/mol. The van der Waals surface area contributed by atoms with Gasteiger partial charge in [0.25, 0.3) is 0 Å². The highest BCUT2D eigenvalue weighted by Gasteiger charge is 2.35. The summed E-state index contributed by atoms with van der Waals surface area (Å²) in [7, 11) is -3.43. The van der Waals surface area contributed by atoms with Crippen molar-refractivity contribution in [3.05, 3.63) is 16.3 Å². The Kier molecular flexibility index (Phi) is 5.46. The maximum Gasteiger partial charge on any atom is 0.241 e. The van der Waals surface area contributed by atoms with Crippen molar-refractivity contribution in [1.29, 1.82) is 0 Å². The molecule has 1 heterocycles. The Labute approximate surface area is 132 Å². The standard InChI is InChI=1S/C15H26N2O2S2/c1-4-16-11-12-13(8-10-20-12)21(18,19)17-14-7-5-6-9-15(14,2)3/h8,10,14,16-17H,4-7,9,11H2,1-3H3. The molecule has 120 valence electrons. The van der Waals surface area contributed by atoms with Crippen molar-refractivity contribution < 1.29 is 8.42 Å². The van der Waals surface area contributed by atoms with Gasteiger partial charge in [0, 0.05) is 17.5 Å². The highest BCUT2D eigenvalue weighted by Crippen LogP contribution is 2.36. The van der Waals surface area contributed by atoms with Crippen LogP contribution in [0.25, 0.3) is 0 Å². The average Bonchev–Trinajstić information content (AvgIpc) is 2.88. The Hall–Kier alpha value is -0.430. The lowest BCUT2D eigenvalue weighted by Crippen LogP contribution is -2.46. The van der Waals surface area contributed by atoms with Crippen molar-refractivity contribution in [2.45, 2.75) is 63.9 Å². The SMILES string of the molecule is CCNCc1sccc1S(=O)(=O)NC1CCCCC1(C)C. The molecule has 1 aromatic heterocycles. The molecule has 1 fully saturated rings. The Morgan fingerprint density at radius 1 is 1.38 bits per heavy atom. The molecule has 21 heavy (non-hydrogen) atoms. The lowest BCUT2D eigenvalue weighted by molar-refractivity contribution is 0.188. The van der Waals surface area contributed by atoms with E-state index in [1.807, 2.05) is 12.3 Å². The largest absolute Gasteiger partial charge is 0.312 e. The Morgan fingerprint density at radius 2 is 2.14 bits per heavy atom. The van der Waals surface area contributed by atoms with Crippen LogP contribution in [0.5, 0.6) is 0 Å². The lowest BCUT2D eigenvalue weighted by atomic mass is 9.74. The molecule has 0 saturated heterocycles. The third-order valence-corrected chi connectivity index (χ3v) is 6.94. The summed E-state index contributed by atoms with van der Waals surface area (Å²) in [6, 6.07) is 1.75. The zero-order valence-electron chi connectivity index (χ0n) is 13.1. The van der Waals surface area contributed by atoms with Gasteiger partial charge < -0.3 is 5.32 Å². The van der Waals surface area contributed by atoms with Crippen LogP contribution in [-0.2, 0) is 16.6 Å². The quantitative estimate of drug-likeness (QED) is 0.842. The Balaban J connectivity index is 2.16. The highest BCUT2D eigenvalue weighted by atomic mass is 32.2. The van der Waals surface area contributed by atoms with Crippen LogP contribution in [0.4, 0.5) is 0 Å². The third kappa shape index (κ3) is 4.06. The van der Waals surface area contributed by atoms with Gasteiger partial charge in [-0.3, -0.25) is 0 Å². The van der Waals surface area contributed by atoms with Gasteiger partial charge >= 0.3 is 0 Å². The normalized spacial score (nSPS) is 22.3. The first-order valence-electron chi connectivity index (χ1n) is 7.66. The van der Waals surface area contributed by atoms with Gasteiger partial charge in [0.2, 0.25) is 10.0 Å². The van der Waals surface area contributed by atoms with Crippen molar-refractivity contribution in [1.82, 2.24) is 10.0 Å². The van der Waals surface area contributed by atoms with E-state index in [9.17, 15) is 8.42 Å². The van der Waals surface area contributed by atoms with Crippen molar-refractivity contribution >= 4 is 21.4 Å². The van der Waals surface area contributed by atoms with Crippen LogP contribution in [0.15, 0.2) is 16.3 Å². The summed E-state index contributed by atoms with van der Waals surface area (Å²) >= 11 is 1.50. The molecule has 6 heteroatoms. The van der Waals surface area contributed by atoms with Crippen LogP contribution < -0.4 is 10.0 Å². The maximum absolute atomic E-state index is 12.7. The summed E-state index contributed by atoms with van der Waals surface area (Å²) in [6.45, 7) is 7.78. The van der Waals surface area contributed by atoms with E-state index < -0.39 is 10.0 Å². The number of thiophene rings is 1. The van der Waals surface area contributed by atoms with Crippen LogP contribution in [-0.4, -0.2) is 21.0 Å². The molecule has 4 nitrogen and oxygen atoms in total. The molecule has 0 radical (unpaired) electrons. The van der Waals surface area contributed by atoms with Crippen molar-refractivity contribution in [2.24, 2.45) is 5.41 Å². The molecule has 0 bridgehead atoms. The molecule has 0 aliphatic heterocycles. The molecule has 0 spiro atoms. The van der Waals surface area contributed by atoms with Gasteiger partial charge in [-0.15, -0.1) is 11.3 Å². The molecule has 1 saturated carbocycles. The van der Waals surface area contributed by atoms with E-state index in [1.54, 1.807) is 6.07 Å². The van der Waals surface area contributed by atoms with Crippen LogP contribution >= 0.6 is 11.3 Å². The number of nitrogens with one attached hydrogen (secondary N) is 2. The van der Waals surface area contributed by atoms with Crippen molar-refractivity contribution in [3.63, 3.8) is 0 Å². The second-order valence-corrected chi connectivity index (χ2v) is 9.08. The summed E-state index contributed by atoms with van der Waals surface area (Å²) in [4.78, 5) is 1.33. The smallest absolute Gasteiger partial charge is 0.241 e. The van der Waals surface area contributed by atoms with Crippen molar-refractivity contribution in [3.8, 4) is 0 Å². The molecule has 2 N–H and O–H groups in total. The van der Waals surface area contributed by atoms with E-state index >= 15 is 0 Å². The van der Waals surface area contributed by atoms with Gasteiger partial charge in [-0.1, -0.05) is 33.6 Å². The first kappa shape index (κ1) is 16.9. The second-order valence-electron chi connectivity index (χ2n) is 6.40. The minimum absolute atomic E-state index is 0.0307. The topological polar surface area (TPSA) is 58.2 Å². The van der Waals surface area contributed by atoms with E-state index in [1.165, 1.54) is 17.8 Å². The van der Waals surface area contributed by atoms with Crippen LogP contribution in [0, 0.1) is 5.41 Å². The fourth-order valence-corrected chi connectivity index (χ4v) is 5.75. The third-order valence-electron chi connectivity index (χ3n) is 4.33. The number of rotatable bonds is 6. The van der Waals surface area contributed by atoms with E-state index in [2.05, 4.69) is 23.9 Å². The zero-order chi connectivity index (χ0) is 15.5. The second kappa shape index (κ2) is 6.77. The molecule has 1 unspecified atom stereocenters. The lowest BCUT2D eigenvalue weighted by Gasteiger charge is -2.38. The van der Waals surface area contributed by atoms with Gasteiger partial charge in [0.1, 0.15) is 0 Å². The molecular formula is C15H26N2O2S2. The molecule has 2 rings (SSSR count). The maximum atomic E-state index is 12.7. The number of hydrogen-bond acceptors (Lipinski definition) is 4. The molecule has 1 aromatic rings. The summed E-state index contributed by atoms with van der Waals surface area (Å²) in [5.41, 5.74) is 0.0309. The number of sulfonamides is 1. The van der Waals surface area contributed by atoms with Gasteiger partial charge in [-0.2, -0.15) is 0 Å². The van der Waals surface area contributed by atoms with Crippen LogP contribution in [0.2, 0.25) is 0 Å². The minimum atomic E-state index is -3.43. The van der Waals surface area contributed by atoms with E-state index in [-0.39, 0.29) is 11.5 Å². The van der Waals surface area contributed by atoms with Crippen molar-refractivity contribution in [2.75, 3.05) is 6.54 Å². The summed E-state index contributed by atoms with van der Waals surface area (Å²) in [5.74, 6) is 0. The van der Waals surface area contributed by atoms with E-state index in [0.717, 1.165) is 30.7 Å². The van der Waals surface area contributed by atoms with Crippen LogP contribution in [0.3, 0.4) is 0 Å². The van der Waals surface area contributed by atoms with Gasteiger partial charge in [0.05, 0.1) is 4.90 Å². The zero-order valence-corrected chi connectivity index (χ0v) is 14.7. The molecular weight excluding hydrogens is 304 g/mol. The first-order valence-corrected chi connectivity index (χ1v) is 10.0. The fourth-order valence-electron chi connectivity index (χ4n) is 2.90. The molecule has 1 aliphatic rings. The van der Waals surface area contributed by atoms with E-state index in [4.69, 9.17) is 0 Å². The van der Waals surface area contributed by atoms with Gasteiger partial charge in [0.15, 0.2) is 0 Å². The summed E-state index contributed by atoms with van der Waals surface area (Å²) in [5, 5.41) is 5.06. The predicted octanol–water partition coefficient (Wildman–Crippen LogP) is 3.10. The number of hydrogen-bond donors (Lipinski definition) is 2. The van der Waals surface area contributed by atoms with Gasteiger partial charge in [-0.25, -0.2) is 13.1 Å². The molecule has 1 atom stereocenters. The minimum Gasteiger partial charge on any atom is -0.312 e. The molecule has 1 aliphatic carbocycles. The van der Waals surface area contributed by atoms with Gasteiger partial charge in [-0.05, 0) is 36.2 Å². The monoisotopic (exact) mass is 330 g/mol. The molecule has 0 aromatic carbocycles. The highest BCUT2D eigenvalue weighted by molar-refractivity contribution is 7.89. The Bertz CT molecular complexity index is 564. The first-order chi connectivity index (χ1) is 9.87. The summed E-state index contributed by atoms with van der Waals surface area (Å²) < 4.78 is 28.4. The van der Waals surface area contributed by atoms with E-state index in [0.29, 0.717) is 11.4 Å².